The van der Waals surface area contributed by atoms with E-state index in [0.717, 1.165) is 57.0 Å². The second-order valence-corrected chi connectivity index (χ2v) is 8.88. The van der Waals surface area contributed by atoms with E-state index in [-0.39, 0.29) is 11.5 Å². The van der Waals surface area contributed by atoms with Crippen molar-refractivity contribution in [2.75, 3.05) is 46.5 Å². The summed E-state index contributed by atoms with van der Waals surface area (Å²) in [5, 5.41) is 0. The third-order valence-corrected chi connectivity index (χ3v) is 6.52. The maximum atomic E-state index is 13.0. The molecule has 3 fully saturated rings. The molecule has 1 spiro atoms. The van der Waals surface area contributed by atoms with Gasteiger partial charge in [0, 0.05) is 58.6 Å². The van der Waals surface area contributed by atoms with Crippen molar-refractivity contribution in [3.63, 3.8) is 0 Å². The monoisotopic (exact) mass is 404 g/mol. The molecule has 0 bridgehead atoms. The molecule has 1 aromatic heterocycles. The highest BCUT2D eigenvalue weighted by Gasteiger charge is 2.48. The number of ether oxygens (including phenoxy) is 3. The van der Waals surface area contributed by atoms with Crippen LogP contribution in [0.2, 0.25) is 0 Å². The number of hydrogen-bond acceptors (Lipinski definition) is 7. The minimum Gasteiger partial charge on any atom is -0.378 e. The molecule has 0 aromatic carbocycles. The molecule has 8 nitrogen and oxygen atoms in total. The Morgan fingerprint density at radius 1 is 1.31 bits per heavy atom. The van der Waals surface area contributed by atoms with E-state index in [2.05, 4.69) is 21.8 Å². The Morgan fingerprint density at radius 3 is 2.83 bits per heavy atom. The topological polar surface area (TPSA) is 77.0 Å². The minimum absolute atomic E-state index is 0.0882. The number of rotatable bonds is 4. The van der Waals surface area contributed by atoms with Crippen LogP contribution in [0.1, 0.15) is 37.6 Å². The Hall–Kier alpha value is -1.61. The van der Waals surface area contributed by atoms with E-state index >= 15 is 0 Å². The number of piperidine rings is 1. The van der Waals surface area contributed by atoms with Gasteiger partial charge in [0.2, 0.25) is 0 Å². The molecule has 3 aliphatic rings. The molecule has 3 saturated heterocycles. The molecule has 2 atom stereocenters. The Morgan fingerprint density at radius 2 is 2.10 bits per heavy atom. The highest BCUT2D eigenvalue weighted by Crippen LogP contribution is 2.34. The van der Waals surface area contributed by atoms with E-state index in [1.165, 1.54) is 0 Å². The van der Waals surface area contributed by atoms with Crippen molar-refractivity contribution < 1.29 is 19.0 Å². The van der Waals surface area contributed by atoms with Crippen molar-refractivity contribution in [1.29, 1.82) is 0 Å². The molecule has 4 heterocycles. The highest BCUT2D eigenvalue weighted by atomic mass is 16.6. The SMILES string of the molecule is COC1(C)CCN(C(=O)[C@H]2C[C@@]3(CO2)CN(Cc2cncc(C)n2)CCO3)CC1. The fourth-order valence-electron chi connectivity index (χ4n) is 4.56. The van der Waals surface area contributed by atoms with Crippen LogP contribution in [0, 0.1) is 6.92 Å². The van der Waals surface area contributed by atoms with Gasteiger partial charge in [-0.1, -0.05) is 0 Å². The summed E-state index contributed by atoms with van der Waals surface area (Å²) in [6.07, 6.45) is 5.49. The second kappa shape index (κ2) is 8.26. The summed E-state index contributed by atoms with van der Waals surface area (Å²) >= 11 is 0. The van der Waals surface area contributed by atoms with Crippen molar-refractivity contribution in [2.24, 2.45) is 0 Å². The van der Waals surface area contributed by atoms with Crippen molar-refractivity contribution in [3.8, 4) is 0 Å². The van der Waals surface area contributed by atoms with Gasteiger partial charge >= 0.3 is 0 Å². The molecule has 29 heavy (non-hydrogen) atoms. The molecule has 8 heteroatoms. The van der Waals surface area contributed by atoms with E-state index in [4.69, 9.17) is 14.2 Å². The van der Waals surface area contributed by atoms with E-state index in [9.17, 15) is 4.79 Å². The maximum absolute atomic E-state index is 13.0. The first-order chi connectivity index (χ1) is 13.9. The van der Waals surface area contributed by atoms with Crippen LogP contribution in [0.3, 0.4) is 0 Å². The first-order valence-corrected chi connectivity index (χ1v) is 10.5. The largest absolute Gasteiger partial charge is 0.378 e. The normalized spacial score (nSPS) is 30.0. The van der Waals surface area contributed by atoms with Gasteiger partial charge in [0.1, 0.15) is 11.7 Å². The van der Waals surface area contributed by atoms with Crippen LogP contribution in [-0.2, 0) is 25.5 Å². The summed E-state index contributed by atoms with van der Waals surface area (Å²) < 4.78 is 17.7. The lowest BCUT2D eigenvalue weighted by Crippen LogP contribution is -2.53. The van der Waals surface area contributed by atoms with Crippen LogP contribution in [0.5, 0.6) is 0 Å². The van der Waals surface area contributed by atoms with E-state index < -0.39 is 11.7 Å². The van der Waals surface area contributed by atoms with Gasteiger partial charge in [0.05, 0.1) is 30.2 Å². The van der Waals surface area contributed by atoms with Gasteiger partial charge in [-0.25, -0.2) is 0 Å². The molecule has 0 saturated carbocycles. The number of likely N-dealkylation sites (tertiary alicyclic amines) is 1. The summed E-state index contributed by atoms with van der Waals surface area (Å²) in [7, 11) is 1.75. The molecular formula is C21H32N4O4. The van der Waals surface area contributed by atoms with Gasteiger partial charge in [-0.2, -0.15) is 0 Å². The Bertz CT molecular complexity index is 737. The maximum Gasteiger partial charge on any atom is 0.251 e. The zero-order chi connectivity index (χ0) is 20.5. The van der Waals surface area contributed by atoms with E-state index in [0.29, 0.717) is 19.6 Å². The van der Waals surface area contributed by atoms with Crippen LogP contribution in [0.25, 0.3) is 0 Å². The molecule has 3 aliphatic heterocycles. The molecule has 160 valence electrons. The van der Waals surface area contributed by atoms with Gasteiger partial charge in [-0.05, 0) is 26.7 Å². The lowest BCUT2D eigenvalue weighted by Gasteiger charge is -2.40. The molecule has 0 radical (unpaired) electrons. The number of morpholine rings is 1. The Balaban J connectivity index is 1.34. The summed E-state index contributed by atoms with van der Waals surface area (Å²) in [5.74, 6) is 0.0882. The molecular weight excluding hydrogens is 372 g/mol. The number of aryl methyl sites for hydroxylation is 1. The smallest absolute Gasteiger partial charge is 0.251 e. The lowest BCUT2D eigenvalue weighted by atomic mass is 9.92. The van der Waals surface area contributed by atoms with Crippen molar-refractivity contribution in [2.45, 2.75) is 57.0 Å². The second-order valence-electron chi connectivity index (χ2n) is 8.88. The number of carbonyl (C=O) groups excluding carboxylic acids is 1. The van der Waals surface area contributed by atoms with Gasteiger partial charge in [0.25, 0.3) is 5.91 Å². The van der Waals surface area contributed by atoms with Crippen LogP contribution in [0.4, 0.5) is 0 Å². The Kier molecular flexibility index (Phi) is 5.88. The number of aromatic nitrogens is 2. The fraction of sp³-hybridized carbons (Fsp3) is 0.762. The molecule has 1 amide bonds. The third-order valence-electron chi connectivity index (χ3n) is 6.52. The lowest BCUT2D eigenvalue weighted by molar-refractivity contribution is -0.145. The standard InChI is InChI=1S/C21H32N4O4/c1-16-11-22-12-17(23-16)13-24-8-9-29-21(14-24)10-18(28-15-21)19(26)25-6-4-20(2,27-3)5-7-25/h11-12,18H,4-10,13-15H2,1-3H3/t18-,21+/m1/s1. The first-order valence-electron chi connectivity index (χ1n) is 10.5. The van der Waals surface area contributed by atoms with E-state index in [1.54, 1.807) is 13.3 Å². The molecule has 4 rings (SSSR count). The molecule has 0 aliphatic carbocycles. The number of carbonyl (C=O) groups is 1. The van der Waals surface area contributed by atoms with Gasteiger partial charge < -0.3 is 19.1 Å². The first kappa shape index (κ1) is 20.7. The average Bonchev–Trinajstić information content (AvgIpc) is 3.11. The van der Waals surface area contributed by atoms with Crippen molar-refractivity contribution in [3.05, 3.63) is 23.8 Å². The minimum atomic E-state index is -0.416. The number of hydrogen-bond donors (Lipinski definition) is 0. The Labute approximate surface area is 172 Å². The summed E-state index contributed by atoms with van der Waals surface area (Å²) in [6, 6.07) is 0. The number of nitrogens with zero attached hydrogens (tertiary/aromatic N) is 4. The van der Waals surface area contributed by atoms with Gasteiger partial charge in [0.15, 0.2) is 0 Å². The predicted molar refractivity (Wildman–Crippen MR) is 106 cm³/mol. The number of amides is 1. The van der Waals surface area contributed by atoms with E-state index in [1.807, 2.05) is 18.0 Å². The average molecular weight is 405 g/mol. The van der Waals surface area contributed by atoms with Crippen molar-refractivity contribution in [1.82, 2.24) is 19.8 Å². The van der Waals surface area contributed by atoms with Crippen LogP contribution < -0.4 is 0 Å². The van der Waals surface area contributed by atoms with Crippen molar-refractivity contribution >= 4 is 5.91 Å². The summed E-state index contributed by atoms with van der Waals surface area (Å²) in [4.78, 5) is 26.1. The van der Waals surface area contributed by atoms with Crippen LogP contribution in [0.15, 0.2) is 12.4 Å². The van der Waals surface area contributed by atoms with Crippen LogP contribution >= 0.6 is 0 Å². The summed E-state index contributed by atoms with van der Waals surface area (Å²) in [6.45, 7) is 8.92. The quantitative estimate of drug-likeness (QED) is 0.746. The van der Waals surface area contributed by atoms with Crippen LogP contribution in [-0.4, -0.2) is 89.5 Å². The predicted octanol–water partition coefficient (Wildman–Crippen LogP) is 1.17. The highest BCUT2D eigenvalue weighted by molar-refractivity contribution is 5.81. The molecule has 0 unspecified atom stereocenters. The van der Waals surface area contributed by atoms with Gasteiger partial charge in [-0.15, -0.1) is 0 Å². The molecule has 0 N–H and O–H groups in total. The third kappa shape index (κ3) is 4.60. The number of methoxy groups -OCH3 is 1. The van der Waals surface area contributed by atoms with Gasteiger partial charge in [-0.3, -0.25) is 19.7 Å². The molecule has 1 aromatic rings. The fourth-order valence-corrected chi connectivity index (χ4v) is 4.56. The summed E-state index contributed by atoms with van der Waals surface area (Å²) in [5.41, 5.74) is 1.35. The zero-order valence-electron chi connectivity index (χ0n) is 17.7. The zero-order valence-corrected chi connectivity index (χ0v) is 17.7.